The minimum Gasteiger partial charge on any atom is -0.361 e. The van der Waals surface area contributed by atoms with Crippen molar-refractivity contribution < 1.29 is 4.52 Å². The number of hydrogen-bond acceptors (Lipinski definition) is 4. The summed E-state index contributed by atoms with van der Waals surface area (Å²) in [6.45, 7) is 5.84. The van der Waals surface area contributed by atoms with Gasteiger partial charge in [0.2, 0.25) is 0 Å². The van der Waals surface area contributed by atoms with Crippen molar-refractivity contribution in [1.29, 1.82) is 0 Å². The van der Waals surface area contributed by atoms with Gasteiger partial charge in [0.15, 0.2) is 0 Å². The molecule has 0 amide bonds. The molecule has 1 aromatic carbocycles. The van der Waals surface area contributed by atoms with E-state index in [4.69, 9.17) is 4.52 Å². The molecule has 0 unspecified atom stereocenters. The lowest BCUT2D eigenvalue weighted by molar-refractivity contribution is 0.329. The number of rotatable bonds is 7. The molecule has 0 radical (unpaired) electrons. The third-order valence-corrected chi connectivity index (χ3v) is 5.73. The zero-order chi connectivity index (χ0) is 18.6. The summed E-state index contributed by atoms with van der Waals surface area (Å²) in [6, 6.07) is 13.1. The second-order valence-electron chi connectivity index (χ2n) is 7.72. The van der Waals surface area contributed by atoms with Crippen molar-refractivity contribution in [2.45, 2.75) is 58.7 Å². The van der Waals surface area contributed by atoms with E-state index in [1.165, 1.54) is 36.1 Å². The smallest absolute Gasteiger partial charge is 0.137 e. The monoisotopic (exact) mass is 364 g/mol. The second kappa shape index (κ2) is 8.09. The van der Waals surface area contributed by atoms with Crippen LogP contribution in [-0.2, 0) is 19.5 Å². The average molecular weight is 364 g/mol. The molecule has 2 atom stereocenters. The summed E-state index contributed by atoms with van der Waals surface area (Å²) in [6.07, 6.45) is 6.75. The van der Waals surface area contributed by atoms with E-state index in [0.717, 1.165) is 31.0 Å². The number of hydrogen-bond donors (Lipinski definition) is 1. The van der Waals surface area contributed by atoms with Crippen LogP contribution in [0.5, 0.6) is 0 Å². The fourth-order valence-corrected chi connectivity index (χ4v) is 4.14. The number of benzene rings is 1. The quantitative estimate of drug-likeness (QED) is 0.687. The lowest BCUT2D eigenvalue weighted by Crippen LogP contribution is -2.33. The van der Waals surface area contributed by atoms with Crippen LogP contribution in [-0.4, -0.2) is 21.0 Å². The van der Waals surface area contributed by atoms with Gasteiger partial charge >= 0.3 is 0 Å². The van der Waals surface area contributed by atoms with Gasteiger partial charge in [-0.05, 0) is 38.2 Å². The summed E-state index contributed by atoms with van der Waals surface area (Å²) in [5.41, 5.74) is 4.77. The molecule has 1 saturated carbocycles. The van der Waals surface area contributed by atoms with Gasteiger partial charge in [0.1, 0.15) is 5.76 Å². The molecule has 0 aliphatic heterocycles. The van der Waals surface area contributed by atoms with Gasteiger partial charge in [-0.2, -0.15) is 5.10 Å². The van der Waals surface area contributed by atoms with E-state index < -0.39 is 0 Å². The molecule has 142 valence electrons. The fourth-order valence-electron chi connectivity index (χ4n) is 4.14. The molecule has 1 fully saturated rings. The van der Waals surface area contributed by atoms with Gasteiger partial charge < -0.3 is 9.84 Å². The molecule has 4 rings (SSSR count). The molecule has 0 spiro atoms. The molecule has 1 N–H and O–H groups in total. The minimum absolute atomic E-state index is 0.535. The first kappa shape index (κ1) is 18.0. The largest absolute Gasteiger partial charge is 0.361 e. The van der Waals surface area contributed by atoms with Crippen molar-refractivity contribution >= 4 is 0 Å². The lowest BCUT2D eigenvalue weighted by Gasteiger charge is -2.20. The van der Waals surface area contributed by atoms with Crippen LogP contribution in [0.4, 0.5) is 0 Å². The molecule has 1 aliphatic rings. The Kier molecular flexibility index (Phi) is 5.39. The van der Waals surface area contributed by atoms with Gasteiger partial charge in [-0.15, -0.1) is 0 Å². The molecular formula is C22H28N4O. The molecule has 0 saturated heterocycles. The number of aromatic nitrogens is 3. The fraction of sp³-hybridized carbons (Fsp3) is 0.455. The zero-order valence-electron chi connectivity index (χ0n) is 16.2. The highest BCUT2D eigenvalue weighted by atomic mass is 16.5. The second-order valence-corrected chi connectivity index (χ2v) is 7.72. The van der Waals surface area contributed by atoms with Crippen LogP contribution >= 0.6 is 0 Å². The summed E-state index contributed by atoms with van der Waals surface area (Å²) in [5.74, 6) is 1.63. The van der Waals surface area contributed by atoms with Gasteiger partial charge in [0, 0.05) is 36.3 Å². The van der Waals surface area contributed by atoms with Gasteiger partial charge in [-0.3, -0.25) is 4.68 Å². The molecular weight excluding hydrogens is 336 g/mol. The topological polar surface area (TPSA) is 55.9 Å². The predicted molar refractivity (Wildman–Crippen MR) is 105 cm³/mol. The SMILES string of the molecule is Cc1cc(C[C@@H]2CCC[C@H]2NCc2cnn(Cc3ccccc3)c2C)on1. The molecule has 27 heavy (non-hydrogen) atoms. The van der Waals surface area contributed by atoms with Gasteiger partial charge in [0.25, 0.3) is 0 Å². The zero-order valence-corrected chi connectivity index (χ0v) is 16.2. The van der Waals surface area contributed by atoms with Crippen LogP contribution < -0.4 is 5.32 Å². The molecule has 2 heterocycles. The first-order chi connectivity index (χ1) is 13.2. The summed E-state index contributed by atoms with van der Waals surface area (Å²) < 4.78 is 7.52. The first-order valence-corrected chi connectivity index (χ1v) is 9.90. The Balaban J connectivity index is 1.35. The molecule has 3 aromatic rings. The highest BCUT2D eigenvalue weighted by molar-refractivity contribution is 5.20. The van der Waals surface area contributed by atoms with Crippen molar-refractivity contribution in [3.8, 4) is 0 Å². The van der Waals surface area contributed by atoms with Crippen molar-refractivity contribution in [2.24, 2.45) is 5.92 Å². The van der Waals surface area contributed by atoms with E-state index in [1.807, 2.05) is 19.2 Å². The van der Waals surface area contributed by atoms with E-state index >= 15 is 0 Å². The minimum atomic E-state index is 0.535. The maximum absolute atomic E-state index is 5.43. The van der Waals surface area contributed by atoms with Crippen molar-refractivity contribution in [3.05, 3.63) is 70.9 Å². The summed E-state index contributed by atoms with van der Waals surface area (Å²) >= 11 is 0. The maximum atomic E-state index is 5.43. The highest BCUT2D eigenvalue weighted by Crippen LogP contribution is 2.29. The van der Waals surface area contributed by atoms with Crippen LogP contribution in [0.3, 0.4) is 0 Å². The van der Waals surface area contributed by atoms with E-state index in [0.29, 0.717) is 12.0 Å². The molecule has 2 aromatic heterocycles. The van der Waals surface area contributed by atoms with E-state index in [2.05, 4.69) is 57.5 Å². The first-order valence-electron chi connectivity index (χ1n) is 9.90. The van der Waals surface area contributed by atoms with Crippen LogP contribution in [0.1, 0.15) is 47.5 Å². The van der Waals surface area contributed by atoms with Crippen LogP contribution in [0, 0.1) is 19.8 Å². The third-order valence-electron chi connectivity index (χ3n) is 5.73. The highest BCUT2D eigenvalue weighted by Gasteiger charge is 2.28. The molecule has 5 nitrogen and oxygen atoms in total. The molecule has 0 bridgehead atoms. The standard InChI is InChI=1S/C22H28N4O/c1-16-11-21(27-25-16)12-19-9-6-10-22(19)23-13-20-14-24-26(17(20)2)15-18-7-4-3-5-8-18/h3-5,7-8,11,14,19,22-23H,6,9-10,12-13,15H2,1-2H3/t19-,22+/m0/s1. The van der Waals surface area contributed by atoms with Gasteiger partial charge in [-0.1, -0.05) is 41.9 Å². The average Bonchev–Trinajstić information content (AvgIpc) is 3.38. The number of nitrogens with one attached hydrogen (secondary N) is 1. The normalized spacial score (nSPS) is 19.6. The maximum Gasteiger partial charge on any atom is 0.137 e. The Labute approximate surface area is 160 Å². The Morgan fingerprint density at radius 2 is 2.04 bits per heavy atom. The summed E-state index contributed by atoms with van der Waals surface area (Å²) in [7, 11) is 0. The van der Waals surface area contributed by atoms with Crippen LogP contribution in [0.15, 0.2) is 47.1 Å². The Morgan fingerprint density at radius 1 is 1.19 bits per heavy atom. The number of nitrogens with zero attached hydrogens (tertiary/aromatic N) is 3. The van der Waals surface area contributed by atoms with E-state index in [-0.39, 0.29) is 0 Å². The van der Waals surface area contributed by atoms with Crippen LogP contribution in [0.25, 0.3) is 0 Å². The Bertz CT molecular complexity index is 868. The van der Waals surface area contributed by atoms with Crippen molar-refractivity contribution in [2.75, 3.05) is 0 Å². The van der Waals surface area contributed by atoms with E-state index in [1.54, 1.807) is 0 Å². The lowest BCUT2D eigenvalue weighted by atomic mass is 9.97. The number of aryl methyl sites for hydroxylation is 1. The van der Waals surface area contributed by atoms with Crippen molar-refractivity contribution in [1.82, 2.24) is 20.3 Å². The van der Waals surface area contributed by atoms with Crippen LogP contribution in [0.2, 0.25) is 0 Å². The summed E-state index contributed by atoms with van der Waals surface area (Å²) in [4.78, 5) is 0. The predicted octanol–water partition coefficient (Wildman–Crippen LogP) is 4.04. The molecule has 1 aliphatic carbocycles. The van der Waals surface area contributed by atoms with Gasteiger partial charge in [-0.25, -0.2) is 0 Å². The van der Waals surface area contributed by atoms with Crippen molar-refractivity contribution in [3.63, 3.8) is 0 Å². The van der Waals surface area contributed by atoms with Gasteiger partial charge in [0.05, 0.1) is 18.4 Å². The Morgan fingerprint density at radius 3 is 2.81 bits per heavy atom. The third kappa shape index (κ3) is 4.30. The Hall–Kier alpha value is -2.40. The van der Waals surface area contributed by atoms with E-state index in [9.17, 15) is 0 Å². The summed E-state index contributed by atoms with van der Waals surface area (Å²) in [5, 5.41) is 12.4. The molecule has 5 heteroatoms.